The average molecular weight is 355 g/mol. The molecule has 0 spiro atoms. The maximum atomic E-state index is 12.0. The van der Waals surface area contributed by atoms with Gasteiger partial charge in [0.2, 0.25) is 11.8 Å². The Hall–Kier alpha value is -1.89. The van der Waals surface area contributed by atoms with Crippen molar-refractivity contribution >= 4 is 33.7 Å². The van der Waals surface area contributed by atoms with E-state index in [1.807, 2.05) is 12.1 Å². The van der Waals surface area contributed by atoms with Gasteiger partial charge in [0, 0.05) is 17.3 Å². The summed E-state index contributed by atoms with van der Waals surface area (Å²) in [6.07, 6.45) is 0.882. The van der Waals surface area contributed by atoms with Crippen molar-refractivity contribution in [2.24, 2.45) is 0 Å². The van der Waals surface area contributed by atoms with Gasteiger partial charge in [0.1, 0.15) is 12.1 Å². The summed E-state index contributed by atoms with van der Waals surface area (Å²) in [5.74, 6) is -1.74. The quantitative estimate of drug-likeness (QED) is 0.729. The van der Waals surface area contributed by atoms with Gasteiger partial charge in [0.25, 0.3) is 0 Å². The van der Waals surface area contributed by atoms with E-state index < -0.39 is 24.0 Å². The maximum absolute atomic E-state index is 12.0. The number of carbonyl (C=O) groups is 3. The molecule has 1 saturated heterocycles. The van der Waals surface area contributed by atoms with E-state index in [2.05, 4.69) is 26.6 Å². The molecular weight excluding hydrogens is 340 g/mol. The molecule has 1 aliphatic rings. The molecular formula is C14H15BrN2O4. The molecule has 0 aromatic heterocycles. The molecule has 0 aliphatic carbocycles. The zero-order chi connectivity index (χ0) is 15.4. The van der Waals surface area contributed by atoms with E-state index in [1.54, 1.807) is 12.1 Å². The van der Waals surface area contributed by atoms with E-state index in [0.717, 1.165) is 10.0 Å². The molecule has 2 atom stereocenters. The number of nitrogens with one attached hydrogen (secondary N) is 2. The van der Waals surface area contributed by atoms with Gasteiger partial charge in [-0.25, -0.2) is 4.79 Å². The van der Waals surface area contributed by atoms with Crippen LogP contribution in [0.4, 0.5) is 0 Å². The lowest BCUT2D eigenvalue weighted by molar-refractivity contribution is -0.142. The van der Waals surface area contributed by atoms with E-state index in [0.29, 0.717) is 12.8 Å². The Labute approximate surface area is 130 Å². The molecule has 1 aromatic rings. The first-order valence-corrected chi connectivity index (χ1v) is 7.32. The van der Waals surface area contributed by atoms with Crippen LogP contribution < -0.4 is 10.6 Å². The summed E-state index contributed by atoms with van der Waals surface area (Å²) in [7, 11) is 0. The highest BCUT2D eigenvalue weighted by molar-refractivity contribution is 9.10. The lowest BCUT2D eigenvalue weighted by Gasteiger charge is -2.17. The first-order valence-electron chi connectivity index (χ1n) is 6.52. The van der Waals surface area contributed by atoms with Crippen molar-refractivity contribution in [2.45, 2.75) is 31.3 Å². The molecule has 1 fully saturated rings. The van der Waals surface area contributed by atoms with Crippen molar-refractivity contribution < 1.29 is 19.5 Å². The molecule has 0 radical (unpaired) electrons. The van der Waals surface area contributed by atoms with Gasteiger partial charge in [0.15, 0.2) is 0 Å². The van der Waals surface area contributed by atoms with Crippen LogP contribution in [-0.4, -0.2) is 35.0 Å². The summed E-state index contributed by atoms with van der Waals surface area (Å²) in [6, 6.07) is 5.56. The van der Waals surface area contributed by atoms with Crippen molar-refractivity contribution in [3.8, 4) is 0 Å². The highest BCUT2D eigenvalue weighted by Crippen LogP contribution is 2.13. The fourth-order valence-corrected chi connectivity index (χ4v) is 2.40. The molecule has 3 N–H and O–H groups in total. The highest BCUT2D eigenvalue weighted by atomic mass is 79.9. The Morgan fingerprint density at radius 1 is 1.38 bits per heavy atom. The Morgan fingerprint density at radius 2 is 2.05 bits per heavy atom. The number of rotatable bonds is 5. The van der Waals surface area contributed by atoms with E-state index in [9.17, 15) is 19.5 Å². The van der Waals surface area contributed by atoms with Gasteiger partial charge in [0.05, 0.1) is 0 Å². The van der Waals surface area contributed by atoms with E-state index in [-0.39, 0.29) is 12.3 Å². The molecule has 21 heavy (non-hydrogen) atoms. The van der Waals surface area contributed by atoms with Gasteiger partial charge < -0.3 is 15.7 Å². The van der Waals surface area contributed by atoms with Crippen LogP contribution in [0.25, 0.3) is 0 Å². The van der Waals surface area contributed by atoms with Crippen molar-refractivity contribution in [1.29, 1.82) is 0 Å². The van der Waals surface area contributed by atoms with Crippen LogP contribution in [0.5, 0.6) is 0 Å². The standard InChI is InChI=1S/C14H15BrN2O4/c15-9-3-1-8(2-4-9)7-11(14(20)21)17-13(19)10-5-6-12(18)16-10/h1-4,10-11H,5-7H2,(H,16,18)(H,17,19)(H,20,21)/t10-,11+/m0/s1. The maximum Gasteiger partial charge on any atom is 0.326 e. The highest BCUT2D eigenvalue weighted by Gasteiger charge is 2.30. The number of hydrogen-bond acceptors (Lipinski definition) is 3. The molecule has 1 aliphatic heterocycles. The molecule has 0 unspecified atom stereocenters. The third-order valence-corrected chi connectivity index (χ3v) is 3.81. The average Bonchev–Trinajstić information content (AvgIpc) is 2.87. The second kappa shape index (κ2) is 6.71. The van der Waals surface area contributed by atoms with Crippen LogP contribution in [0.2, 0.25) is 0 Å². The number of aliphatic carboxylic acids is 1. The number of amides is 2. The minimum atomic E-state index is -1.10. The number of hydrogen-bond donors (Lipinski definition) is 3. The molecule has 6 nitrogen and oxygen atoms in total. The van der Waals surface area contributed by atoms with Gasteiger partial charge >= 0.3 is 5.97 Å². The number of halogens is 1. The Bertz CT molecular complexity index is 559. The van der Waals surface area contributed by atoms with E-state index in [1.165, 1.54) is 0 Å². The Kier molecular flexibility index (Phi) is 4.95. The van der Waals surface area contributed by atoms with Gasteiger partial charge in [-0.15, -0.1) is 0 Å². The summed E-state index contributed by atoms with van der Waals surface area (Å²) in [4.78, 5) is 34.3. The van der Waals surface area contributed by atoms with Crippen molar-refractivity contribution in [3.05, 3.63) is 34.3 Å². The Balaban J connectivity index is 1.99. The fourth-order valence-electron chi connectivity index (χ4n) is 2.14. The molecule has 2 amide bonds. The largest absolute Gasteiger partial charge is 0.480 e. The molecule has 112 valence electrons. The third-order valence-electron chi connectivity index (χ3n) is 3.28. The monoisotopic (exact) mass is 354 g/mol. The molecule has 7 heteroatoms. The number of carboxylic acids is 1. The molecule has 0 bridgehead atoms. The second-order valence-corrected chi connectivity index (χ2v) is 5.80. The molecule has 1 heterocycles. The first-order chi connectivity index (χ1) is 9.95. The topological polar surface area (TPSA) is 95.5 Å². The fraction of sp³-hybridized carbons (Fsp3) is 0.357. The van der Waals surface area contributed by atoms with Crippen LogP contribution in [0.15, 0.2) is 28.7 Å². The molecule has 0 saturated carbocycles. The number of carboxylic acid groups (broad SMARTS) is 1. The summed E-state index contributed by atoms with van der Waals surface area (Å²) in [5.41, 5.74) is 0.807. The minimum Gasteiger partial charge on any atom is -0.480 e. The lowest BCUT2D eigenvalue weighted by atomic mass is 10.1. The predicted molar refractivity (Wildman–Crippen MR) is 78.6 cm³/mol. The van der Waals surface area contributed by atoms with Crippen LogP contribution in [0.3, 0.4) is 0 Å². The molecule has 2 rings (SSSR count). The van der Waals surface area contributed by atoms with Gasteiger partial charge in [-0.3, -0.25) is 9.59 Å². The number of benzene rings is 1. The van der Waals surface area contributed by atoms with Gasteiger partial charge in [-0.2, -0.15) is 0 Å². The minimum absolute atomic E-state index is 0.185. The first kappa shape index (κ1) is 15.5. The summed E-state index contributed by atoms with van der Waals surface area (Å²) in [6.45, 7) is 0. The Morgan fingerprint density at radius 3 is 2.57 bits per heavy atom. The molecule has 1 aromatic carbocycles. The summed E-state index contributed by atoms with van der Waals surface area (Å²) < 4.78 is 0.899. The zero-order valence-corrected chi connectivity index (χ0v) is 12.7. The second-order valence-electron chi connectivity index (χ2n) is 4.89. The van der Waals surface area contributed by atoms with Crippen LogP contribution in [0, 0.1) is 0 Å². The summed E-state index contributed by atoms with van der Waals surface area (Å²) in [5, 5.41) is 14.2. The van der Waals surface area contributed by atoms with Gasteiger partial charge in [-0.1, -0.05) is 28.1 Å². The third kappa shape index (κ3) is 4.29. The lowest BCUT2D eigenvalue weighted by Crippen LogP contribution is -2.49. The van der Waals surface area contributed by atoms with Crippen molar-refractivity contribution in [3.63, 3.8) is 0 Å². The van der Waals surface area contributed by atoms with Crippen LogP contribution in [0.1, 0.15) is 18.4 Å². The van der Waals surface area contributed by atoms with Crippen molar-refractivity contribution in [1.82, 2.24) is 10.6 Å². The zero-order valence-electron chi connectivity index (χ0n) is 11.1. The van der Waals surface area contributed by atoms with Crippen molar-refractivity contribution in [2.75, 3.05) is 0 Å². The smallest absolute Gasteiger partial charge is 0.326 e. The SMILES string of the molecule is O=C1CC[C@@H](C(=O)N[C@H](Cc2ccc(Br)cc2)C(=O)O)N1. The van der Waals surface area contributed by atoms with Crippen LogP contribution >= 0.6 is 15.9 Å². The predicted octanol–water partition coefficient (Wildman–Crippen LogP) is 0.840. The van der Waals surface area contributed by atoms with Crippen LogP contribution in [-0.2, 0) is 20.8 Å². The number of carbonyl (C=O) groups excluding carboxylic acids is 2. The normalized spacial score (nSPS) is 18.9. The van der Waals surface area contributed by atoms with E-state index in [4.69, 9.17) is 0 Å². The van der Waals surface area contributed by atoms with Gasteiger partial charge in [-0.05, 0) is 24.1 Å². The summed E-state index contributed by atoms with van der Waals surface area (Å²) >= 11 is 3.30. The van der Waals surface area contributed by atoms with E-state index >= 15 is 0 Å².